The zero-order chi connectivity index (χ0) is 15.9. The van der Waals surface area contributed by atoms with Gasteiger partial charge in [0.15, 0.2) is 0 Å². The standard InChI is InChI=1S/C16H25N3O3/c1-9-11(10(2)22-19-9)5-7-17-15(20)18-13-12-6-8-21-14(12)16(13,3)4/h12-14H,5-8H2,1-4H3,(H2,17,18,20)/t12-,13+,14+/m0/s1. The number of hydrogen-bond donors (Lipinski definition) is 2. The largest absolute Gasteiger partial charge is 0.377 e. The molecular weight excluding hydrogens is 282 g/mol. The summed E-state index contributed by atoms with van der Waals surface area (Å²) in [4.78, 5) is 12.1. The number of ether oxygens (including phenoxy) is 1. The topological polar surface area (TPSA) is 76.4 Å². The quantitative estimate of drug-likeness (QED) is 0.891. The third kappa shape index (κ3) is 2.49. The molecule has 3 atom stereocenters. The lowest BCUT2D eigenvalue weighted by Gasteiger charge is -2.54. The van der Waals surface area contributed by atoms with Crippen molar-refractivity contribution in [1.29, 1.82) is 0 Å². The molecule has 6 nitrogen and oxygen atoms in total. The predicted molar refractivity (Wildman–Crippen MR) is 81.6 cm³/mol. The van der Waals surface area contributed by atoms with E-state index in [9.17, 15) is 4.79 Å². The Morgan fingerprint density at radius 1 is 1.41 bits per heavy atom. The van der Waals surface area contributed by atoms with Crippen LogP contribution in [0.25, 0.3) is 0 Å². The van der Waals surface area contributed by atoms with Crippen molar-refractivity contribution >= 4 is 6.03 Å². The number of rotatable bonds is 4. The molecule has 1 aromatic heterocycles. The van der Waals surface area contributed by atoms with Crippen LogP contribution in [0.3, 0.4) is 0 Å². The number of aromatic nitrogens is 1. The fourth-order valence-corrected chi connectivity index (χ4v) is 3.97. The van der Waals surface area contributed by atoms with E-state index in [1.807, 2.05) is 13.8 Å². The third-order valence-electron chi connectivity index (χ3n) is 5.23. The van der Waals surface area contributed by atoms with Gasteiger partial charge in [0.2, 0.25) is 0 Å². The maximum Gasteiger partial charge on any atom is 0.315 e. The molecule has 2 heterocycles. The summed E-state index contributed by atoms with van der Waals surface area (Å²) in [5.74, 6) is 1.29. The second-order valence-electron chi connectivity index (χ2n) is 7.00. The van der Waals surface area contributed by atoms with E-state index in [0.717, 1.165) is 36.5 Å². The van der Waals surface area contributed by atoms with Gasteiger partial charge in [-0.2, -0.15) is 0 Å². The van der Waals surface area contributed by atoms with E-state index in [1.54, 1.807) is 0 Å². The van der Waals surface area contributed by atoms with E-state index in [1.165, 1.54) is 0 Å². The van der Waals surface area contributed by atoms with Crippen molar-refractivity contribution in [1.82, 2.24) is 15.8 Å². The zero-order valence-corrected chi connectivity index (χ0v) is 13.7. The van der Waals surface area contributed by atoms with Gasteiger partial charge in [-0.3, -0.25) is 0 Å². The Morgan fingerprint density at radius 2 is 2.18 bits per heavy atom. The molecule has 22 heavy (non-hydrogen) atoms. The summed E-state index contributed by atoms with van der Waals surface area (Å²) in [5, 5.41) is 9.97. The fraction of sp³-hybridized carbons (Fsp3) is 0.750. The highest BCUT2D eigenvalue weighted by Crippen LogP contribution is 2.51. The Morgan fingerprint density at radius 3 is 2.86 bits per heavy atom. The summed E-state index contributed by atoms with van der Waals surface area (Å²) in [6, 6.07) is 0.0919. The first-order valence-corrected chi connectivity index (χ1v) is 7.99. The molecule has 2 N–H and O–H groups in total. The highest BCUT2D eigenvalue weighted by atomic mass is 16.5. The first-order valence-electron chi connectivity index (χ1n) is 7.99. The van der Waals surface area contributed by atoms with Crippen LogP contribution in [0.4, 0.5) is 4.79 Å². The van der Waals surface area contributed by atoms with Crippen LogP contribution in [0.15, 0.2) is 4.52 Å². The number of urea groups is 1. The summed E-state index contributed by atoms with van der Waals surface area (Å²) < 4.78 is 10.9. The van der Waals surface area contributed by atoms with Crippen molar-refractivity contribution in [2.75, 3.05) is 13.2 Å². The Kier molecular flexibility index (Phi) is 3.89. The molecule has 1 saturated heterocycles. The molecule has 122 valence electrons. The third-order valence-corrected chi connectivity index (χ3v) is 5.23. The minimum absolute atomic E-state index is 0.0140. The lowest BCUT2D eigenvalue weighted by Crippen LogP contribution is -2.67. The van der Waals surface area contributed by atoms with Crippen molar-refractivity contribution in [2.24, 2.45) is 11.3 Å². The first kappa shape index (κ1) is 15.3. The molecule has 2 amide bonds. The summed E-state index contributed by atoms with van der Waals surface area (Å²) in [5.41, 5.74) is 1.99. The second-order valence-corrected chi connectivity index (χ2v) is 7.00. The number of nitrogens with one attached hydrogen (secondary N) is 2. The zero-order valence-electron chi connectivity index (χ0n) is 13.7. The Bertz CT molecular complexity index is 547. The number of aryl methyl sites for hydroxylation is 2. The van der Waals surface area contributed by atoms with E-state index in [0.29, 0.717) is 18.6 Å². The highest BCUT2D eigenvalue weighted by Gasteiger charge is 2.59. The van der Waals surface area contributed by atoms with Gasteiger partial charge in [0.05, 0.1) is 11.8 Å². The van der Waals surface area contributed by atoms with E-state index >= 15 is 0 Å². The van der Waals surface area contributed by atoms with Crippen LogP contribution in [0.1, 0.15) is 37.3 Å². The molecule has 2 aliphatic rings. The van der Waals surface area contributed by atoms with Gasteiger partial charge in [-0.05, 0) is 26.7 Å². The smallest absolute Gasteiger partial charge is 0.315 e. The van der Waals surface area contributed by atoms with Gasteiger partial charge in [0.25, 0.3) is 0 Å². The number of fused-ring (bicyclic) bond motifs is 1. The first-order chi connectivity index (χ1) is 10.4. The second kappa shape index (κ2) is 5.57. The number of carbonyl (C=O) groups is 1. The van der Waals surface area contributed by atoms with Crippen LogP contribution in [0.5, 0.6) is 0 Å². The van der Waals surface area contributed by atoms with Gasteiger partial charge in [0.1, 0.15) is 5.76 Å². The molecule has 1 saturated carbocycles. The number of amides is 2. The SMILES string of the molecule is Cc1noc(C)c1CCNC(=O)N[C@@H]1[C@@H]2CCO[C@H]2C1(C)C. The lowest BCUT2D eigenvalue weighted by atomic mass is 9.57. The van der Waals surface area contributed by atoms with Crippen LogP contribution in [-0.4, -0.2) is 36.5 Å². The minimum Gasteiger partial charge on any atom is -0.377 e. The summed E-state index contributed by atoms with van der Waals surface area (Å²) in [6.45, 7) is 9.52. The molecule has 1 aromatic rings. The molecule has 0 radical (unpaired) electrons. The van der Waals surface area contributed by atoms with Crippen molar-refractivity contribution < 1.29 is 14.1 Å². The minimum atomic E-state index is -0.102. The lowest BCUT2D eigenvalue weighted by molar-refractivity contribution is -0.108. The average molecular weight is 307 g/mol. The van der Waals surface area contributed by atoms with Crippen LogP contribution in [0.2, 0.25) is 0 Å². The van der Waals surface area contributed by atoms with Crippen LogP contribution < -0.4 is 10.6 Å². The van der Waals surface area contributed by atoms with Crippen LogP contribution in [-0.2, 0) is 11.2 Å². The molecule has 1 aliphatic heterocycles. The van der Waals surface area contributed by atoms with Gasteiger partial charge < -0.3 is 19.9 Å². The number of carbonyl (C=O) groups excluding carboxylic acids is 1. The molecule has 0 bridgehead atoms. The van der Waals surface area contributed by atoms with Crippen LogP contribution in [0, 0.1) is 25.2 Å². The van der Waals surface area contributed by atoms with Crippen molar-refractivity contribution in [3.8, 4) is 0 Å². The molecule has 2 fully saturated rings. The molecule has 0 unspecified atom stereocenters. The van der Waals surface area contributed by atoms with Gasteiger partial charge in [-0.1, -0.05) is 19.0 Å². The molecule has 6 heteroatoms. The van der Waals surface area contributed by atoms with Gasteiger partial charge in [0, 0.05) is 36.1 Å². The molecule has 0 aromatic carbocycles. The van der Waals surface area contributed by atoms with Crippen molar-refractivity contribution in [3.63, 3.8) is 0 Å². The van der Waals surface area contributed by atoms with Crippen molar-refractivity contribution in [3.05, 3.63) is 17.0 Å². The molecule has 3 rings (SSSR count). The Balaban J connectivity index is 1.47. The number of hydrogen-bond acceptors (Lipinski definition) is 4. The molecular formula is C16H25N3O3. The van der Waals surface area contributed by atoms with E-state index in [-0.39, 0.29) is 17.5 Å². The Hall–Kier alpha value is -1.56. The summed E-state index contributed by atoms with van der Waals surface area (Å²) >= 11 is 0. The normalized spacial score (nSPS) is 28.8. The molecule has 1 aliphatic carbocycles. The van der Waals surface area contributed by atoms with Crippen molar-refractivity contribution in [2.45, 2.75) is 52.7 Å². The maximum atomic E-state index is 12.1. The van der Waals surface area contributed by atoms with Gasteiger partial charge in [-0.25, -0.2) is 4.79 Å². The fourth-order valence-electron chi connectivity index (χ4n) is 3.97. The summed E-state index contributed by atoms with van der Waals surface area (Å²) in [6.07, 6.45) is 2.07. The van der Waals surface area contributed by atoms with Crippen LogP contribution >= 0.6 is 0 Å². The highest BCUT2D eigenvalue weighted by molar-refractivity contribution is 5.74. The van der Waals surface area contributed by atoms with Gasteiger partial charge in [-0.15, -0.1) is 0 Å². The van der Waals surface area contributed by atoms with E-state index < -0.39 is 0 Å². The van der Waals surface area contributed by atoms with Gasteiger partial charge >= 0.3 is 6.03 Å². The molecule has 0 spiro atoms. The van der Waals surface area contributed by atoms with E-state index in [2.05, 4.69) is 29.6 Å². The Labute approximate surface area is 131 Å². The monoisotopic (exact) mass is 307 g/mol. The maximum absolute atomic E-state index is 12.1. The average Bonchev–Trinajstić information content (AvgIpc) is 3.04. The summed E-state index contributed by atoms with van der Waals surface area (Å²) in [7, 11) is 0. The van der Waals surface area contributed by atoms with E-state index in [4.69, 9.17) is 9.26 Å². The number of nitrogens with zero attached hydrogens (tertiary/aromatic N) is 1. The predicted octanol–water partition coefficient (Wildman–Crippen LogP) is 1.95.